The maximum atomic E-state index is 4.00. The van der Waals surface area contributed by atoms with E-state index in [-0.39, 0.29) is 0 Å². The molecule has 0 saturated heterocycles. The van der Waals surface area contributed by atoms with Gasteiger partial charge in [-0.15, -0.1) is 0 Å². The first-order chi connectivity index (χ1) is 6.27. The van der Waals surface area contributed by atoms with Crippen LogP contribution < -0.4 is 0 Å². The lowest BCUT2D eigenvalue weighted by Gasteiger charge is -1.99. The first-order valence-corrected chi connectivity index (χ1v) is 4.34. The van der Waals surface area contributed by atoms with E-state index in [2.05, 4.69) is 48.3 Å². The molecule has 0 spiro atoms. The van der Waals surface area contributed by atoms with Crippen LogP contribution in [0.4, 0.5) is 0 Å². The van der Waals surface area contributed by atoms with Gasteiger partial charge < -0.3 is 0 Å². The number of nitrogens with zero attached hydrogens (tertiary/aromatic N) is 1. The summed E-state index contributed by atoms with van der Waals surface area (Å²) in [4.78, 5) is 0. The maximum Gasteiger partial charge on any atom is 0.0679 e. The number of benzene rings is 1. The topological polar surface area (TPSA) is 28.7 Å². The summed E-state index contributed by atoms with van der Waals surface area (Å²) >= 11 is 0. The third-order valence-electron chi connectivity index (χ3n) is 2.17. The number of nitrogens with one attached hydrogen (secondary N) is 1. The fourth-order valence-electron chi connectivity index (χ4n) is 1.36. The summed E-state index contributed by atoms with van der Waals surface area (Å²) < 4.78 is 0. The number of aryl methyl sites for hydroxylation is 2. The highest BCUT2D eigenvalue weighted by atomic mass is 15.1. The second-order valence-corrected chi connectivity index (χ2v) is 3.29. The van der Waals surface area contributed by atoms with E-state index >= 15 is 0 Å². The summed E-state index contributed by atoms with van der Waals surface area (Å²) in [7, 11) is 0. The minimum absolute atomic E-state index is 1.11. The molecule has 1 heterocycles. The first-order valence-electron chi connectivity index (χ1n) is 4.34. The van der Waals surface area contributed by atoms with Gasteiger partial charge in [-0.25, -0.2) is 0 Å². The normalized spacial score (nSPS) is 10.3. The van der Waals surface area contributed by atoms with Crippen LogP contribution in [0.1, 0.15) is 11.1 Å². The Labute approximate surface area is 77.6 Å². The number of hydrogen-bond acceptors (Lipinski definition) is 1. The van der Waals surface area contributed by atoms with E-state index in [1.807, 2.05) is 6.20 Å². The zero-order chi connectivity index (χ0) is 9.26. The molecule has 0 radical (unpaired) electrons. The van der Waals surface area contributed by atoms with Crippen molar-refractivity contribution >= 4 is 0 Å². The van der Waals surface area contributed by atoms with Crippen LogP contribution in [0.15, 0.2) is 30.5 Å². The molecule has 1 aromatic carbocycles. The van der Waals surface area contributed by atoms with Gasteiger partial charge in [0.2, 0.25) is 0 Å². The molecule has 0 atom stereocenters. The van der Waals surface area contributed by atoms with Gasteiger partial charge in [-0.2, -0.15) is 5.10 Å². The van der Waals surface area contributed by atoms with Gasteiger partial charge in [-0.3, -0.25) is 5.10 Å². The monoisotopic (exact) mass is 172 g/mol. The van der Waals surface area contributed by atoms with Crippen LogP contribution in [0.5, 0.6) is 0 Å². The molecule has 0 saturated carbocycles. The highest BCUT2D eigenvalue weighted by molar-refractivity contribution is 5.62. The van der Waals surface area contributed by atoms with Crippen molar-refractivity contribution in [1.29, 1.82) is 0 Å². The van der Waals surface area contributed by atoms with Gasteiger partial charge in [0.25, 0.3) is 0 Å². The Morgan fingerprint density at radius 2 is 1.77 bits per heavy atom. The lowest BCUT2D eigenvalue weighted by molar-refractivity contribution is 1.09. The average Bonchev–Trinajstić information content (AvgIpc) is 2.53. The molecular formula is C11H12N2. The second kappa shape index (κ2) is 3.05. The Kier molecular flexibility index (Phi) is 1.89. The fourth-order valence-corrected chi connectivity index (χ4v) is 1.36. The Bertz CT molecular complexity index is 398. The molecule has 13 heavy (non-hydrogen) atoms. The molecule has 2 heteroatoms. The van der Waals surface area contributed by atoms with E-state index in [1.165, 1.54) is 16.7 Å². The van der Waals surface area contributed by atoms with Crippen LogP contribution in [0, 0.1) is 13.8 Å². The van der Waals surface area contributed by atoms with E-state index in [0.29, 0.717) is 0 Å². The standard InChI is InChI=1S/C11H12N2/c1-8-3-5-10(6-4-8)11-9(2)7-12-13-11/h3-7H,1-2H3,(H,12,13). The van der Waals surface area contributed by atoms with E-state index in [1.54, 1.807) is 0 Å². The first kappa shape index (κ1) is 8.05. The fraction of sp³-hybridized carbons (Fsp3) is 0.182. The Morgan fingerprint density at radius 1 is 1.08 bits per heavy atom. The van der Waals surface area contributed by atoms with Crippen LogP contribution in [0.2, 0.25) is 0 Å². The predicted molar refractivity (Wildman–Crippen MR) is 53.5 cm³/mol. The van der Waals surface area contributed by atoms with Crippen molar-refractivity contribution in [1.82, 2.24) is 10.2 Å². The van der Waals surface area contributed by atoms with Crippen molar-refractivity contribution in [2.45, 2.75) is 13.8 Å². The van der Waals surface area contributed by atoms with Crippen molar-refractivity contribution in [3.05, 3.63) is 41.6 Å². The lowest BCUT2D eigenvalue weighted by Crippen LogP contribution is -1.80. The second-order valence-electron chi connectivity index (χ2n) is 3.29. The smallest absolute Gasteiger partial charge is 0.0679 e. The van der Waals surface area contributed by atoms with Crippen molar-refractivity contribution < 1.29 is 0 Å². The highest BCUT2D eigenvalue weighted by Gasteiger charge is 2.01. The van der Waals surface area contributed by atoms with Crippen LogP contribution in [-0.4, -0.2) is 10.2 Å². The molecule has 0 fully saturated rings. The summed E-state index contributed by atoms with van der Waals surface area (Å²) in [6.07, 6.45) is 1.84. The number of aromatic amines is 1. The molecule has 0 aliphatic carbocycles. The molecule has 2 rings (SSSR count). The third kappa shape index (κ3) is 1.47. The SMILES string of the molecule is Cc1ccc(-c2[nH]ncc2C)cc1. The van der Waals surface area contributed by atoms with Crippen molar-refractivity contribution in [2.24, 2.45) is 0 Å². The van der Waals surface area contributed by atoms with Crippen molar-refractivity contribution in [3.8, 4) is 11.3 Å². The minimum atomic E-state index is 1.11. The molecule has 0 aliphatic heterocycles. The maximum absolute atomic E-state index is 4.00. The third-order valence-corrected chi connectivity index (χ3v) is 2.17. The minimum Gasteiger partial charge on any atom is -0.278 e. The molecule has 0 aliphatic rings. The number of hydrogen-bond donors (Lipinski definition) is 1. The van der Waals surface area contributed by atoms with Crippen LogP contribution in [0.3, 0.4) is 0 Å². The molecule has 0 unspecified atom stereocenters. The lowest BCUT2D eigenvalue weighted by atomic mass is 10.1. The van der Waals surface area contributed by atoms with Gasteiger partial charge in [0.05, 0.1) is 11.9 Å². The van der Waals surface area contributed by atoms with E-state index < -0.39 is 0 Å². The van der Waals surface area contributed by atoms with Gasteiger partial charge >= 0.3 is 0 Å². The Hall–Kier alpha value is -1.57. The summed E-state index contributed by atoms with van der Waals surface area (Å²) in [5, 5.41) is 6.99. The molecular weight excluding hydrogens is 160 g/mol. The molecule has 1 aromatic heterocycles. The Morgan fingerprint density at radius 3 is 2.31 bits per heavy atom. The predicted octanol–water partition coefficient (Wildman–Crippen LogP) is 2.69. The molecule has 1 N–H and O–H groups in total. The van der Waals surface area contributed by atoms with Gasteiger partial charge in [-0.1, -0.05) is 29.8 Å². The van der Waals surface area contributed by atoms with Gasteiger partial charge in [-0.05, 0) is 25.0 Å². The summed E-state index contributed by atoms with van der Waals surface area (Å²) in [6.45, 7) is 4.14. The van der Waals surface area contributed by atoms with Gasteiger partial charge in [0.1, 0.15) is 0 Å². The summed E-state index contributed by atoms with van der Waals surface area (Å²) in [5.41, 5.74) is 4.77. The largest absolute Gasteiger partial charge is 0.278 e. The summed E-state index contributed by atoms with van der Waals surface area (Å²) in [5.74, 6) is 0. The van der Waals surface area contributed by atoms with E-state index in [4.69, 9.17) is 0 Å². The summed E-state index contributed by atoms with van der Waals surface area (Å²) in [6, 6.07) is 8.43. The molecule has 2 aromatic rings. The van der Waals surface area contributed by atoms with E-state index in [0.717, 1.165) is 5.69 Å². The van der Waals surface area contributed by atoms with Crippen LogP contribution in [0.25, 0.3) is 11.3 Å². The molecule has 0 bridgehead atoms. The average molecular weight is 172 g/mol. The van der Waals surface area contributed by atoms with Crippen LogP contribution >= 0.6 is 0 Å². The quantitative estimate of drug-likeness (QED) is 0.704. The molecule has 66 valence electrons. The highest BCUT2D eigenvalue weighted by Crippen LogP contribution is 2.20. The van der Waals surface area contributed by atoms with Gasteiger partial charge in [0, 0.05) is 0 Å². The number of rotatable bonds is 1. The van der Waals surface area contributed by atoms with Crippen molar-refractivity contribution in [3.63, 3.8) is 0 Å². The number of aromatic nitrogens is 2. The molecule has 2 nitrogen and oxygen atoms in total. The van der Waals surface area contributed by atoms with Crippen molar-refractivity contribution in [2.75, 3.05) is 0 Å². The molecule has 0 amide bonds. The van der Waals surface area contributed by atoms with Crippen LogP contribution in [-0.2, 0) is 0 Å². The van der Waals surface area contributed by atoms with Gasteiger partial charge in [0.15, 0.2) is 0 Å². The zero-order valence-corrected chi connectivity index (χ0v) is 7.83. The zero-order valence-electron chi connectivity index (χ0n) is 7.83. The van der Waals surface area contributed by atoms with E-state index in [9.17, 15) is 0 Å². The Balaban J connectivity index is 2.47. The number of H-pyrrole nitrogens is 1.